The number of hydrogen-bond acceptors (Lipinski definition) is 2. The summed E-state index contributed by atoms with van der Waals surface area (Å²) in [5.74, 6) is 2.66. The molecule has 2 unspecified atom stereocenters. The van der Waals surface area contributed by atoms with E-state index in [2.05, 4.69) is 18.2 Å². The average molecular weight is 155 g/mol. The lowest BCUT2D eigenvalue weighted by Gasteiger charge is -2.14. The Kier molecular flexibility index (Phi) is 5.91. The summed E-state index contributed by atoms with van der Waals surface area (Å²) in [6, 6.07) is 0.188. The van der Waals surface area contributed by atoms with Crippen LogP contribution in [0.25, 0.3) is 0 Å². The first-order valence-electron chi connectivity index (χ1n) is 3.96. The minimum absolute atomic E-state index is 0.188. The highest BCUT2D eigenvalue weighted by Gasteiger charge is 2.03. The molecule has 2 heteroatoms. The Hall–Kier alpha value is -0.520. The highest BCUT2D eigenvalue weighted by molar-refractivity contribution is 4.97. The van der Waals surface area contributed by atoms with E-state index in [1.807, 2.05) is 6.92 Å². The molecule has 0 aromatic heterocycles. The molecule has 1 N–H and O–H groups in total. The maximum Gasteiger partial charge on any atom is 0.0685 e. The summed E-state index contributed by atoms with van der Waals surface area (Å²) >= 11 is 0. The summed E-state index contributed by atoms with van der Waals surface area (Å²) in [7, 11) is 1.70. The molecule has 0 bridgehead atoms. The molecule has 0 heterocycles. The van der Waals surface area contributed by atoms with Crippen LogP contribution in [0.4, 0.5) is 0 Å². The van der Waals surface area contributed by atoms with Gasteiger partial charge >= 0.3 is 0 Å². The van der Waals surface area contributed by atoms with Crippen LogP contribution in [0.2, 0.25) is 0 Å². The SMILES string of the molecule is C#CC(CC)NCC(C)OC. The second kappa shape index (κ2) is 6.21. The average Bonchev–Trinajstić information content (AvgIpc) is 2.06. The van der Waals surface area contributed by atoms with Crippen LogP contribution < -0.4 is 5.32 Å². The van der Waals surface area contributed by atoms with Gasteiger partial charge in [-0.05, 0) is 13.3 Å². The number of ether oxygens (including phenoxy) is 1. The van der Waals surface area contributed by atoms with E-state index in [0.717, 1.165) is 13.0 Å². The number of hydrogen-bond donors (Lipinski definition) is 1. The van der Waals surface area contributed by atoms with Gasteiger partial charge in [0.2, 0.25) is 0 Å². The lowest BCUT2D eigenvalue weighted by atomic mass is 10.2. The van der Waals surface area contributed by atoms with Crippen molar-refractivity contribution in [3.05, 3.63) is 0 Å². The van der Waals surface area contributed by atoms with Gasteiger partial charge in [0.05, 0.1) is 12.1 Å². The van der Waals surface area contributed by atoms with Gasteiger partial charge in [0.15, 0.2) is 0 Å². The molecule has 0 saturated heterocycles. The zero-order chi connectivity index (χ0) is 8.69. The molecule has 11 heavy (non-hydrogen) atoms. The Balaban J connectivity index is 3.44. The first-order valence-corrected chi connectivity index (χ1v) is 3.96. The number of rotatable bonds is 5. The van der Waals surface area contributed by atoms with E-state index >= 15 is 0 Å². The molecule has 0 amide bonds. The minimum Gasteiger partial charge on any atom is -0.380 e. The van der Waals surface area contributed by atoms with Crippen molar-refractivity contribution >= 4 is 0 Å². The monoisotopic (exact) mass is 155 g/mol. The summed E-state index contributed by atoms with van der Waals surface area (Å²) in [6.45, 7) is 4.89. The van der Waals surface area contributed by atoms with Gasteiger partial charge < -0.3 is 10.1 Å². The van der Waals surface area contributed by atoms with Gasteiger partial charge in [0, 0.05) is 13.7 Å². The largest absolute Gasteiger partial charge is 0.380 e. The fraction of sp³-hybridized carbons (Fsp3) is 0.778. The molecule has 0 aliphatic carbocycles. The van der Waals surface area contributed by atoms with Gasteiger partial charge in [0.1, 0.15) is 0 Å². The lowest BCUT2D eigenvalue weighted by Crippen LogP contribution is -2.33. The quantitative estimate of drug-likeness (QED) is 0.599. The molecule has 0 fully saturated rings. The van der Waals surface area contributed by atoms with E-state index < -0.39 is 0 Å². The third-order valence-corrected chi connectivity index (χ3v) is 1.66. The van der Waals surface area contributed by atoms with Gasteiger partial charge in [-0.3, -0.25) is 0 Å². The lowest BCUT2D eigenvalue weighted by molar-refractivity contribution is 0.116. The summed E-state index contributed by atoms with van der Waals surface area (Å²) in [6.07, 6.45) is 6.46. The van der Waals surface area contributed by atoms with Crippen LogP contribution in [0.3, 0.4) is 0 Å². The van der Waals surface area contributed by atoms with Gasteiger partial charge in [-0.25, -0.2) is 0 Å². The molecular weight excluding hydrogens is 138 g/mol. The number of terminal acetylenes is 1. The molecule has 0 radical (unpaired) electrons. The van der Waals surface area contributed by atoms with Crippen LogP contribution in [0.5, 0.6) is 0 Å². The van der Waals surface area contributed by atoms with Crippen LogP contribution in [0.1, 0.15) is 20.3 Å². The fourth-order valence-corrected chi connectivity index (χ4v) is 0.713. The zero-order valence-electron chi connectivity index (χ0n) is 7.55. The molecule has 0 spiro atoms. The molecule has 0 saturated carbocycles. The highest BCUT2D eigenvalue weighted by Crippen LogP contribution is 1.90. The molecule has 0 aromatic carbocycles. The van der Waals surface area contributed by atoms with Gasteiger partial charge in [-0.15, -0.1) is 6.42 Å². The molecule has 2 nitrogen and oxygen atoms in total. The molecule has 0 aliphatic rings. The molecule has 0 aliphatic heterocycles. The third-order valence-electron chi connectivity index (χ3n) is 1.66. The molecular formula is C9H17NO. The van der Waals surface area contributed by atoms with Gasteiger partial charge in [-0.1, -0.05) is 12.8 Å². The summed E-state index contributed by atoms with van der Waals surface area (Å²) < 4.78 is 5.06. The maximum absolute atomic E-state index is 5.26. The van der Waals surface area contributed by atoms with Crippen molar-refractivity contribution < 1.29 is 4.74 Å². The van der Waals surface area contributed by atoms with Crippen LogP contribution in [0, 0.1) is 12.3 Å². The Morgan fingerprint density at radius 2 is 2.27 bits per heavy atom. The first kappa shape index (κ1) is 10.5. The molecule has 0 rings (SSSR count). The van der Waals surface area contributed by atoms with Crippen molar-refractivity contribution in [1.82, 2.24) is 5.32 Å². The highest BCUT2D eigenvalue weighted by atomic mass is 16.5. The summed E-state index contributed by atoms with van der Waals surface area (Å²) in [5, 5.41) is 3.21. The van der Waals surface area contributed by atoms with Gasteiger partial charge in [0.25, 0.3) is 0 Å². The molecule has 2 atom stereocenters. The Labute approximate surface area is 69.3 Å². The Morgan fingerprint density at radius 3 is 2.64 bits per heavy atom. The van der Waals surface area contributed by atoms with Gasteiger partial charge in [-0.2, -0.15) is 0 Å². The van der Waals surface area contributed by atoms with Crippen LogP contribution in [-0.2, 0) is 4.74 Å². The first-order chi connectivity index (χ1) is 5.24. The zero-order valence-corrected chi connectivity index (χ0v) is 7.55. The van der Waals surface area contributed by atoms with Crippen molar-refractivity contribution in [3.63, 3.8) is 0 Å². The van der Waals surface area contributed by atoms with E-state index in [0.29, 0.717) is 0 Å². The Morgan fingerprint density at radius 1 is 1.64 bits per heavy atom. The molecule has 64 valence electrons. The van der Waals surface area contributed by atoms with Crippen molar-refractivity contribution in [2.24, 2.45) is 0 Å². The van der Waals surface area contributed by atoms with Crippen LogP contribution >= 0.6 is 0 Å². The predicted molar refractivity (Wildman–Crippen MR) is 47.4 cm³/mol. The Bertz CT molecular complexity index is 128. The van der Waals surface area contributed by atoms with E-state index in [-0.39, 0.29) is 12.1 Å². The van der Waals surface area contributed by atoms with Crippen LogP contribution in [-0.4, -0.2) is 25.8 Å². The van der Waals surface area contributed by atoms with Crippen LogP contribution in [0.15, 0.2) is 0 Å². The van der Waals surface area contributed by atoms with E-state index in [1.54, 1.807) is 7.11 Å². The third kappa shape index (κ3) is 4.83. The van der Waals surface area contributed by atoms with Crippen molar-refractivity contribution in [1.29, 1.82) is 0 Å². The number of nitrogens with one attached hydrogen (secondary N) is 1. The van der Waals surface area contributed by atoms with E-state index in [9.17, 15) is 0 Å². The smallest absolute Gasteiger partial charge is 0.0685 e. The van der Waals surface area contributed by atoms with Crippen molar-refractivity contribution in [2.45, 2.75) is 32.4 Å². The standard InChI is InChI=1S/C9H17NO/c1-5-9(6-2)10-7-8(3)11-4/h1,8-10H,6-7H2,2-4H3. The topological polar surface area (TPSA) is 21.3 Å². The number of methoxy groups -OCH3 is 1. The summed E-state index contributed by atoms with van der Waals surface area (Å²) in [5.41, 5.74) is 0. The van der Waals surface area contributed by atoms with E-state index in [1.165, 1.54) is 0 Å². The minimum atomic E-state index is 0.188. The summed E-state index contributed by atoms with van der Waals surface area (Å²) in [4.78, 5) is 0. The predicted octanol–water partition coefficient (Wildman–Crippen LogP) is 1.02. The molecule has 0 aromatic rings. The second-order valence-electron chi connectivity index (χ2n) is 2.58. The maximum atomic E-state index is 5.26. The fourth-order valence-electron chi connectivity index (χ4n) is 0.713. The van der Waals surface area contributed by atoms with E-state index in [4.69, 9.17) is 11.2 Å². The second-order valence-corrected chi connectivity index (χ2v) is 2.58. The van der Waals surface area contributed by atoms with Crippen molar-refractivity contribution in [2.75, 3.05) is 13.7 Å². The normalized spacial score (nSPS) is 15.5. The van der Waals surface area contributed by atoms with Crippen molar-refractivity contribution in [3.8, 4) is 12.3 Å².